The first-order valence-corrected chi connectivity index (χ1v) is 8.99. The molecule has 1 rings (SSSR count). The molecule has 1 aromatic rings. The molecule has 0 aliphatic rings. The number of nitrogens with one attached hydrogen (secondary N) is 2. The van der Waals surface area contributed by atoms with Gasteiger partial charge in [0.2, 0.25) is 0 Å². The molecule has 0 fully saturated rings. The summed E-state index contributed by atoms with van der Waals surface area (Å²) in [5, 5.41) is 6.30. The third kappa shape index (κ3) is 9.55. The third-order valence-corrected chi connectivity index (χ3v) is 3.69. The topological polar surface area (TPSA) is 45.7 Å². The molecule has 0 unspecified atom stereocenters. The lowest BCUT2D eigenvalue weighted by molar-refractivity contribution is -0.0504. The Bertz CT molecular complexity index is 495. The highest BCUT2D eigenvalue weighted by Crippen LogP contribution is 2.25. The van der Waals surface area contributed by atoms with Crippen LogP contribution in [0.15, 0.2) is 27.7 Å². The minimum atomic E-state index is -2.85. The van der Waals surface area contributed by atoms with E-state index >= 15 is 0 Å². The van der Waals surface area contributed by atoms with E-state index in [1.54, 1.807) is 23.9 Å². The molecule has 0 saturated carbocycles. The molecule has 0 heterocycles. The first-order valence-electron chi connectivity index (χ1n) is 6.81. The van der Waals surface area contributed by atoms with Crippen molar-refractivity contribution in [3.63, 3.8) is 0 Å². The van der Waals surface area contributed by atoms with E-state index in [-0.39, 0.29) is 36.3 Å². The monoisotopic (exact) mass is 523 g/mol. The number of ether oxygens (including phenoxy) is 1. The van der Waals surface area contributed by atoms with Gasteiger partial charge in [0.15, 0.2) is 5.96 Å². The lowest BCUT2D eigenvalue weighted by Crippen LogP contribution is -2.38. The predicted molar refractivity (Wildman–Crippen MR) is 107 cm³/mol. The van der Waals surface area contributed by atoms with Crippen molar-refractivity contribution in [2.75, 3.05) is 25.1 Å². The molecule has 0 bridgehead atoms. The van der Waals surface area contributed by atoms with E-state index < -0.39 is 6.61 Å². The first-order chi connectivity index (χ1) is 10.6. The average molecular weight is 524 g/mol. The van der Waals surface area contributed by atoms with Gasteiger partial charge in [0.05, 0.1) is 6.54 Å². The molecule has 9 heteroatoms. The van der Waals surface area contributed by atoms with Gasteiger partial charge in [0, 0.05) is 28.9 Å². The standard InChI is InChI=1S/C14H20BrF2N3OS.HI/c1-3-18-14(19-6-7-22-2)20-9-10-8-11(15)4-5-12(10)21-13(16)17;/h4-5,8,13H,3,6-7,9H2,1-2H3,(H2,18,19,20);1H. The zero-order chi connectivity index (χ0) is 16.4. The number of rotatable bonds is 8. The second-order valence-corrected chi connectivity index (χ2v) is 6.15. The Labute approximate surface area is 165 Å². The average Bonchev–Trinajstić information content (AvgIpc) is 2.47. The van der Waals surface area contributed by atoms with Gasteiger partial charge in [-0.25, -0.2) is 4.99 Å². The Hall–Kier alpha value is -0.290. The van der Waals surface area contributed by atoms with Crippen molar-refractivity contribution < 1.29 is 13.5 Å². The molecular formula is C14H21BrF2IN3OS. The number of halogens is 4. The fraction of sp³-hybridized carbons (Fsp3) is 0.500. The maximum atomic E-state index is 12.4. The molecule has 0 aromatic heterocycles. The van der Waals surface area contributed by atoms with Crippen LogP contribution in [0, 0.1) is 0 Å². The normalized spacial score (nSPS) is 11.1. The van der Waals surface area contributed by atoms with Crippen molar-refractivity contribution in [1.82, 2.24) is 10.6 Å². The second kappa shape index (κ2) is 13.1. The minimum Gasteiger partial charge on any atom is -0.434 e. The molecule has 4 nitrogen and oxygen atoms in total. The highest BCUT2D eigenvalue weighted by atomic mass is 127. The maximum Gasteiger partial charge on any atom is 0.387 e. The van der Waals surface area contributed by atoms with Crippen LogP contribution in [0.1, 0.15) is 12.5 Å². The highest BCUT2D eigenvalue weighted by molar-refractivity contribution is 14.0. The van der Waals surface area contributed by atoms with E-state index in [0.29, 0.717) is 11.5 Å². The Morgan fingerprint density at radius 3 is 2.74 bits per heavy atom. The summed E-state index contributed by atoms with van der Waals surface area (Å²) in [7, 11) is 0. The van der Waals surface area contributed by atoms with Crippen molar-refractivity contribution >= 4 is 57.6 Å². The van der Waals surface area contributed by atoms with Crippen LogP contribution >= 0.6 is 51.7 Å². The number of hydrogen-bond donors (Lipinski definition) is 2. The lowest BCUT2D eigenvalue weighted by Gasteiger charge is -2.12. The van der Waals surface area contributed by atoms with Crippen LogP contribution in [0.25, 0.3) is 0 Å². The number of aliphatic imine (C=N–C) groups is 1. The number of hydrogen-bond acceptors (Lipinski definition) is 3. The zero-order valence-electron chi connectivity index (χ0n) is 12.9. The van der Waals surface area contributed by atoms with E-state index in [4.69, 9.17) is 0 Å². The summed E-state index contributed by atoms with van der Waals surface area (Å²) >= 11 is 5.06. The number of guanidine groups is 1. The van der Waals surface area contributed by atoms with Crippen molar-refractivity contribution in [2.45, 2.75) is 20.1 Å². The van der Waals surface area contributed by atoms with Gasteiger partial charge in [-0.15, -0.1) is 24.0 Å². The third-order valence-electron chi connectivity index (χ3n) is 2.59. The second-order valence-electron chi connectivity index (χ2n) is 4.25. The largest absolute Gasteiger partial charge is 0.434 e. The van der Waals surface area contributed by atoms with Crippen LogP contribution in [0.4, 0.5) is 8.78 Å². The van der Waals surface area contributed by atoms with Crippen molar-refractivity contribution in [3.8, 4) is 5.75 Å². The van der Waals surface area contributed by atoms with Gasteiger partial charge < -0.3 is 15.4 Å². The number of nitrogens with zero attached hydrogens (tertiary/aromatic N) is 1. The summed E-state index contributed by atoms with van der Waals surface area (Å²) in [4.78, 5) is 4.40. The molecular weight excluding hydrogens is 503 g/mol. The van der Waals surface area contributed by atoms with E-state index in [9.17, 15) is 8.78 Å². The number of benzene rings is 1. The highest BCUT2D eigenvalue weighted by Gasteiger charge is 2.10. The Balaban J connectivity index is 0.00000484. The Morgan fingerprint density at radius 1 is 1.39 bits per heavy atom. The van der Waals surface area contributed by atoms with Crippen LogP contribution in [-0.2, 0) is 6.54 Å². The van der Waals surface area contributed by atoms with Gasteiger partial charge >= 0.3 is 6.61 Å². The zero-order valence-corrected chi connectivity index (χ0v) is 17.7. The summed E-state index contributed by atoms with van der Waals surface area (Å²) in [5.74, 6) is 1.75. The Kier molecular flexibility index (Phi) is 12.9. The number of alkyl halides is 2. The SMILES string of the molecule is CCNC(=NCc1cc(Br)ccc1OC(F)F)NCCSC.I. The molecule has 0 atom stereocenters. The molecule has 0 aliphatic carbocycles. The van der Waals surface area contributed by atoms with Gasteiger partial charge in [-0.05, 0) is 31.4 Å². The fourth-order valence-corrected chi connectivity index (χ4v) is 2.37. The van der Waals surface area contributed by atoms with Gasteiger partial charge in [-0.1, -0.05) is 15.9 Å². The van der Waals surface area contributed by atoms with E-state index in [2.05, 4.69) is 36.3 Å². The number of thioether (sulfide) groups is 1. The van der Waals surface area contributed by atoms with Crippen LogP contribution in [0.5, 0.6) is 5.75 Å². The van der Waals surface area contributed by atoms with Gasteiger partial charge in [0.1, 0.15) is 5.75 Å². The van der Waals surface area contributed by atoms with E-state index in [1.807, 2.05) is 13.2 Å². The minimum absolute atomic E-state index is 0. The van der Waals surface area contributed by atoms with Crippen LogP contribution in [0.2, 0.25) is 0 Å². The smallest absolute Gasteiger partial charge is 0.387 e. The molecule has 0 amide bonds. The Morgan fingerprint density at radius 2 is 2.13 bits per heavy atom. The summed E-state index contributed by atoms with van der Waals surface area (Å²) in [6.45, 7) is 0.874. The van der Waals surface area contributed by atoms with Crippen molar-refractivity contribution in [2.24, 2.45) is 4.99 Å². The van der Waals surface area contributed by atoms with Gasteiger partial charge in [-0.2, -0.15) is 20.5 Å². The molecule has 0 saturated heterocycles. The summed E-state index contributed by atoms with van der Waals surface area (Å²) in [6.07, 6.45) is 2.03. The molecule has 1 aromatic carbocycles. The lowest BCUT2D eigenvalue weighted by atomic mass is 10.2. The van der Waals surface area contributed by atoms with Crippen molar-refractivity contribution in [1.29, 1.82) is 0 Å². The first kappa shape index (κ1) is 22.7. The summed E-state index contributed by atoms with van der Waals surface area (Å²) < 4.78 is 30.2. The van der Waals surface area contributed by atoms with Crippen molar-refractivity contribution in [3.05, 3.63) is 28.2 Å². The predicted octanol–water partition coefficient (Wildman–Crippen LogP) is 4.09. The molecule has 0 spiro atoms. The van der Waals surface area contributed by atoms with E-state index in [1.165, 1.54) is 6.07 Å². The van der Waals surface area contributed by atoms with Crippen LogP contribution in [0.3, 0.4) is 0 Å². The quantitative estimate of drug-likeness (QED) is 0.233. The van der Waals surface area contributed by atoms with Crippen LogP contribution in [-0.4, -0.2) is 37.7 Å². The molecule has 2 N–H and O–H groups in total. The van der Waals surface area contributed by atoms with Gasteiger partial charge in [0.25, 0.3) is 0 Å². The molecule has 132 valence electrons. The maximum absolute atomic E-state index is 12.4. The van der Waals surface area contributed by atoms with E-state index in [0.717, 1.165) is 23.3 Å². The molecule has 23 heavy (non-hydrogen) atoms. The van der Waals surface area contributed by atoms with Gasteiger partial charge in [-0.3, -0.25) is 0 Å². The van der Waals surface area contributed by atoms with Crippen LogP contribution < -0.4 is 15.4 Å². The summed E-state index contributed by atoms with van der Waals surface area (Å²) in [5.41, 5.74) is 0.594. The fourth-order valence-electron chi connectivity index (χ4n) is 1.66. The summed E-state index contributed by atoms with van der Waals surface area (Å²) in [6, 6.07) is 4.90. The molecule has 0 aliphatic heterocycles. The molecule has 0 radical (unpaired) electrons.